The Kier molecular flexibility index (Phi) is 7.00. The van der Waals surface area contributed by atoms with Gasteiger partial charge in [-0.15, -0.1) is 0 Å². The van der Waals surface area contributed by atoms with Gasteiger partial charge in [0.25, 0.3) is 5.91 Å². The second-order valence-corrected chi connectivity index (χ2v) is 8.77. The van der Waals surface area contributed by atoms with Gasteiger partial charge in [-0.05, 0) is 49.2 Å². The van der Waals surface area contributed by atoms with Gasteiger partial charge in [-0.1, -0.05) is 25.0 Å². The molecule has 1 saturated heterocycles. The first-order valence-electron chi connectivity index (χ1n) is 9.58. The standard InChI is InChI=1S/C21H24N2O5S/c24-15-17-7-3-4-8-20(17)28-16-21(25)22-18-9-11-19(12-10-18)29(26,27)23-13-5-1-2-6-14-23/h3-4,7-12,15H,1-2,5-6,13-14,16H2,(H,22,25). The SMILES string of the molecule is O=Cc1ccccc1OCC(=O)Nc1ccc(S(=O)(=O)N2CCCCCC2)cc1. The molecule has 1 amide bonds. The van der Waals surface area contributed by atoms with Crippen LogP contribution in [0.2, 0.25) is 0 Å². The highest BCUT2D eigenvalue weighted by atomic mass is 32.2. The predicted octanol–water partition coefficient (Wildman–Crippen LogP) is 3.08. The number of hydrogen-bond acceptors (Lipinski definition) is 5. The number of carbonyl (C=O) groups is 2. The van der Waals surface area contributed by atoms with Crippen molar-refractivity contribution >= 4 is 27.9 Å². The molecular weight excluding hydrogens is 392 g/mol. The summed E-state index contributed by atoms with van der Waals surface area (Å²) in [6.07, 6.45) is 4.52. The van der Waals surface area contributed by atoms with Gasteiger partial charge in [-0.2, -0.15) is 4.31 Å². The summed E-state index contributed by atoms with van der Waals surface area (Å²) in [4.78, 5) is 23.3. The highest BCUT2D eigenvalue weighted by Gasteiger charge is 2.25. The summed E-state index contributed by atoms with van der Waals surface area (Å²) in [6.45, 7) is 0.819. The van der Waals surface area contributed by atoms with Crippen LogP contribution in [0.1, 0.15) is 36.0 Å². The monoisotopic (exact) mass is 416 g/mol. The maximum Gasteiger partial charge on any atom is 0.262 e. The normalized spacial score (nSPS) is 15.3. The van der Waals surface area contributed by atoms with Crippen LogP contribution in [0.15, 0.2) is 53.4 Å². The van der Waals surface area contributed by atoms with Gasteiger partial charge in [0.2, 0.25) is 10.0 Å². The van der Waals surface area contributed by atoms with Crippen molar-refractivity contribution in [3.05, 3.63) is 54.1 Å². The summed E-state index contributed by atoms with van der Waals surface area (Å²) >= 11 is 0. The van der Waals surface area contributed by atoms with Gasteiger partial charge < -0.3 is 10.1 Å². The molecule has 1 heterocycles. The van der Waals surface area contributed by atoms with Crippen LogP contribution in [0.5, 0.6) is 5.75 Å². The molecule has 154 valence electrons. The fourth-order valence-corrected chi connectivity index (χ4v) is 4.71. The molecule has 1 fully saturated rings. The number of carbonyl (C=O) groups excluding carboxylic acids is 2. The van der Waals surface area contributed by atoms with E-state index in [0.717, 1.165) is 25.7 Å². The molecule has 2 aromatic carbocycles. The summed E-state index contributed by atoms with van der Waals surface area (Å²) in [5, 5.41) is 2.66. The number of nitrogens with one attached hydrogen (secondary N) is 1. The number of hydrogen-bond donors (Lipinski definition) is 1. The Hall–Kier alpha value is -2.71. The minimum absolute atomic E-state index is 0.216. The first-order chi connectivity index (χ1) is 14.0. The van der Waals surface area contributed by atoms with E-state index in [0.29, 0.717) is 36.4 Å². The molecule has 2 aromatic rings. The number of ether oxygens (including phenoxy) is 1. The Balaban J connectivity index is 1.59. The third-order valence-electron chi connectivity index (χ3n) is 4.75. The smallest absolute Gasteiger partial charge is 0.262 e. The third kappa shape index (κ3) is 5.42. The van der Waals surface area contributed by atoms with E-state index in [1.807, 2.05) is 0 Å². The number of nitrogens with zero attached hydrogens (tertiary/aromatic N) is 1. The van der Waals surface area contributed by atoms with Gasteiger partial charge >= 0.3 is 0 Å². The van der Waals surface area contributed by atoms with Crippen molar-refractivity contribution in [2.45, 2.75) is 30.6 Å². The minimum Gasteiger partial charge on any atom is -0.483 e. The first kappa shape index (κ1) is 21.0. The van der Waals surface area contributed by atoms with Crippen LogP contribution in [0.25, 0.3) is 0 Å². The molecule has 0 spiro atoms. The molecule has 1 aliphatic rings. The van der Waals surface area contributed by atoms with Gasteiger partial charge in [0.1, 0.15) is 5.75 Å². The van der Waals surface area contributed by atoms with Crippen LogP contribution in [0, 0.1) is 0 Å². The van der Waals surface area contributed by atoms with Crippen LogP contribution >= 0.6 is 0 Å². The minimum atomic E-state index is -3.52. The number of sulfonamides is 1. The lowest BCUT2D eigenvalue weighted by Crippen LogP contribution is -2.31. The van der Waals surface area contributed by atoms with Crippen molar-refractivity contribution < 1.29 is 22.7 Å². The van der Waals surface area contributed by atoms with Crippen LogP contribution in [0.3, 0.4) is 0 Å². The Morgan fingerprint density at radius 3 is 2.31 bits per heavy atom. The highest BCUT2D eigenvalue weighted by molar-refractivity contribution is 7.89. The van der Waals surface area contributed by atoms with E-state index in [1.165, 1.54) is 16.4 Å². The molecule has 1 aliphatic heterocycles. The average Bonchev–Trinajstić information content (AvgIpc) is 3.03. The zero-order chi connectivity index (χ0) is 20.7. The lowest BCUT2D eigenvalue weighted by atomic mass is 10.2. The molecule has 0 radical (unpaired) electrons. The topological polar surface area (TPSA) is 92.8 Å². The van der Waals surface area contributed by atoms with Crippen molar-refractivity contribution in [2.24, 2.45) is 0 Å². The van der Waals surface area contributed by atoms with Gasteiger partial charge in [-0.25, -0.2) is 8.42 Å². The number of anilines is 1. The maximum atomic E-state index is 12.8. The molecule has 8 heteroatoms. The van der Waals surface area contributed by atoms with E-state index in [4.69, 9.17) is 4.74 Å². The summed E-state index contributed by atoms with van der Waals surface area (Å²) in [6, 6.07) is 12.7. The Morgan fingerprint density at radius 1 is 1.00 bits per heavy atom. The molecule has 0 bridgehead atoms. The van der Waals surface area contributed by atoms with Crippen molar-refractivity contribution in [3.8, 4) is 5.75 Å². The third-order valence-corrected chi connectivity index (χ3v) is 6.66. The van der Waals surface area contributed by atoms with E-state index in [-0.39, 0.29) is 11.5 Å². The zero-order valence-corrected chi connectivity index (χ0v) is 16.9. The molecule has 0 aromatic heterocycles. The van der Waals surface area contributed by atoms with Gasteiger partial charge in [0, 0.05) is 18.8 Å². The summed E-state index contributed by atoms with van der Waals surface area (Å²) in [5.41, 5.74) is 0.834. The van der Waals surface area contributed by atoms with Crippen molar-refractivity contribution in [1.82, 2.24) is 4.31 Å². The molecule has 7 nitrogen and oxygen atoms in total. The Bertz CT molecular complexity index is 949. The molecule has 29 heavy (non-hydrogen) atoms. The lowest BCUT2D eigenvalue weighted by Gasteiger charge is -2.20. The van der Waals surface area contributed by atoms with Crippen LogP contribution in [-0.2, 0) is 14.8 Å². The number of amides is 1. The first-order valence-corrected chi connectivity index (χ1v) is 11.0. The van der Waals surface area contributed by atoms with E-state index < -0.39 is 15.9 Å². The van der Waals surface area contributed by atoms with Crippen LogP contribution < -0.4 is 10.1 Å². The second kappa shape index (κ2) is 9.67. The summed E-state index contributed by atoms with van der Waals surface area (Å²) in [5.74, 6) is -0.0784. The van der Waals surface area contributed by atoms with E-state index >= 15 is 0 Å². The average molecular weight is 416 g/mol. The zero-order valence-electron chi connectivity index (χ0n) is 16.0. The molecule has 0 unspecified atom stereocenters. The number of aldehydes is 1. The molecule has 3 rings (SSSR count). The van der Waals surface area contributed by atoms with Crippen LogP contribution in [-0.4, -0.2) is 44.6 Å². The van der Waals surface area contributed by atoms with E-state index in [2.05, 4.69) is 5.32 Å². The molecule has 0 atom stereocenters. The molecule has 0 aliphatic carbocycles. The second-order valence-electron chi connectivity index (χ2n) is 6.84. The van der Waals surface area contributed by atoms with Crippen molar-refractivity contribution in [1.29, 1.82) is 0 Å². The number of rotatable bonds is 7. The largest absolute Gasteiger partial charge is 0.483 e. The fraction of sp³-hybridized carbons (Fsp3) is 0.333. The number of para-hydroxylation sites is 1. The van der Waals surface area contributed by atoms with Gasteiger partial charge in [0.15, 0.2) is 12.9 Å². The van der Waals surface area contributed by atoms with Crippen LogP contribution in [0.4, 0.5) is 5.69 Å². The van der Waals surface area contributed by atoms with Gasteiger partial charge in [0.05, 0.1) is 10.5 Å². The Morgan fingerprint density at radius 2 is 1.66 bits per heavy atom. The van der Waals surface area contributed by atoms with Crippen molar-refractivity contribution in [2.75, 3.05) is 25.0 Å². The van der Waals surface area contributed by atoms with E-state index in [1.54, 1.807) is 36.4 Å². The fourth-order valence-electron chi connectivity index (χ4n) is 3.19. The molecule has 1 N–H and O–H groups in total. The Labute approximate surface area is 170 Å². The summed E-state index contributed by atoms with van der Waals surface area (Å²) in [7, 11) is -3.52. The predicted molar refractivity (Wildman–Crippen MR) is 110 cm³/mol. The molecular formula is C21H24N2O5S. The van der Waals surface area contributed by atoms with Gasteiger partial charge in [-0.3, -0.25) is 9.59 Å². The van der Waals surface area contributed by atoms with E-state index in [9.17, 15) is 18.0 Å². The quantitative estimate of drug-likeness (QED) is 0.700. The summed E-state index contributed by atoms with van der Waals surface area (Å²) < 4.78 is 32.5. The highest BCUT2D eigenvalue weighted by Crippen LogP contribution is 2.22. The van der Waals surface area contributed by atoms with Crippen molar-refractivity contribution in [3.63, 3.8) is 0 Å². The maximum absolute atomic E-state index is 12.8. The number of benzene rings is 2. The lowest BCUT2D eigenvalue weighted by molar-refractivity contribution is -0.118. The molecule has 0 saturated carbocycles.